The monoisotopic (exact) mass is 580 g/mol. The van der Waals surface area contributed by atoms with Crippen molar-refractivity contribution in [2.75, 3.05) is 11.9 Å². The van der Waals surface area contributed by atoms with Gasteiger partial charge in [0.1, 0.15) is 11.9 Å². The van der Waals surface area contributed by atoms with Crippen LogP contribution in [0, 0.1) is 11.3 Å². The van der Waals surface area contributed by atoms with Gasteiger partial charge in [0, 0.05) is 15.4 Å². The summed E-state index contributed by atoms with van der Waals surface area (Å²) in [5.41, 5.74) is 9.74. The largest absolute Gasteiger partial charge is 0.368 e. The van der Waals surface area contributed by atoms with Crippen molar-refractivity contribution in [3.05, 3.63) is 96.1 Å². The van der Waals surface area contributed by atoms with Crippen LogP contribution < -0.4 is 11.1 Å². The molecule has 4 N–H and O–H groups in total. The summed E-state index contributed by atoms with van der Waals surface area (Å²) in [7, 11) is 0. The van der Waals surface area contributed by atoms with Crippen LogP contribution in [0.15, 0.2) is 94.7 Å². The molecule has 3 atom stereocenters. The normalized spacial score (nSPS) is 18.3. The average molecular weight is 581 g/mol. The average Bonchev–Trinajstić information content (AvgIpc) is 3.46. The van der Waals surface area contributed by atoms with Gasteiger partial charge in [-0.25, -0.2) is 0 Å². The second-order valence-electron chi connectivity index (χ2n) is 11.3. The van der Waals surface area contributed by atoms with Gasteiger partial charge in [0.15, 0.2) is 6.29 Å². The maximum absolute atomic E-state index is 12.9. The molecule has 8 heteroatoms. The van der Waals surface area contributed by atoms with Gasteiger partial charge in [0.05, 0.1) is 30.6 Å². The third-order valence-corrected chi connectivity index (χ3v) is 8.99. The van der Waals surface area contributed by atoms with Crippen LogP contribution in [0.25, 0.3) is 10.8 Å². The van der Waals surface area contributed by atoms with E-state index in [0.717, 1.165) is 32.1 Å². The number of nitrogens with one attached hydrogen (secondary N) is 2. The number of para-hydroxylation sites is 1. The van der Waals surface area contributed by atoms with E-state index in [-0.39, 0.29) is 17.8 Å². The molecule has 1 amide bonds. The van der Waals surface area contributed by atoms with Crippen LogP contribution in [0.2, 0.25) is 0 Å². The molecule has 6 rings (SSSR count). The van der Waals surface area contributed by atoms with E-state index in [4.69, 9.17) is 15.2 Å². The van der Waals surface area contributed by atoms with E-state index in [9.17, 15) is 10.2 Å². The summed E-state index contributed by atoms with van der Waals surface area (Å²) in [5, 5.41) is 15.3. The number of fused-ring (bicyclic) bond motifs is 3. The molecule has 0 aliphatic carbocycles. The number of amidine groups is 1. The van der Waals surface area contributed by atoms with E-state index in [2.05, 4.69) is 61.6 Å². The second-order valence-corrected chi connectivity index (χ2v) is 12.4. The Balaban J connectivity index is 1.28. The van der Waals surface area contributed by atoms with E-state index in [1.807, 2.05) is 47.4 Å². The Bertz CT molecular complexity index is 1620. The van der Waals surface area contributed by atoms with Gasteiger partial charge < -0.3 is 25.4 Å². The maximum Gasteiger partial charge on any atom is 0.240 e. The molecule has 1 unspecified atom stereocenters. The first-order valence-corrected chi connectivity index (χ1v) is 15.2. The van der Waals surface area contributed by atoms with Gasteiger partial charge in [-0.2, -0.15) is 0 Å². The summed E-state index contributed by atoms with van der Waals surface area (Å²) in [6.07, 6.45) is 0.542. The van der Waals surface area contributed by atoms with Crippen molar-refractivity contribution >= 4 is 45.7 Å². The van der Waals surface area contributed by atoms with E-state index < -0.39 is 18.2 Å². The number of nitrogens with two attached hydrogens (primary N) is 1. The van der Waals surface area contributed by atoms with Gasteiger partial charge in [-0.3, -0.25) is 10.2 Å². The minimum Gasteiger partial charge on any atom is -0.368 e. The summed E-state index contributed by atoms with van der Waals surface area (Å²) in [6.45, 7) is 4.96. The minimum absolute atomic E-state index is 0.204. The third-order valence-electron chi connectivity index (χ3n) is 7.84. The predicted molar refractivity (Wildman–Crippen MR) is 168 cm³/mol. The maximum atomic E-state index is 12.9. The molecule has 4 aromatic carbocycles. The molecule has 1 fully saturated rings. The molecule has 42 heavy (non-hydrogen) atoms. The number of primary amides is 1. The van der Waals surface area contributed by atoms with E-state index in [1.54, 1.807) is 11.8 Å². The second kappa shape index (κ2) is 12.2. The van der Waals surface area contributed by atoms with Gasteiger partial charge in [0.2, 0.25) is 5.91 Å². The number of amides is 1. The summed E-state index contributed by atoms with van der Waals surface area (Å²) in [5.74, 6) is -0.00731. The highest BCUT2D eigenvalue weighted by atomic mass is 32.2. The standard InChI is InChI=1S/C34H36N4O3S/c1-21(2)17-29(33(36)39)38(32(35)25-13-14-31-27(19-25)37-26-9-5-6-10-30(26)42-31)28-15-16-40-34(28)41-20-22-11-12-23-7-3-4-8-24(23)18-22/h3-14,18-19,21,28-29,34-35,37H,15-17,20H2,1-2H3,(H2,36,39)/t28-,29-,34?/m0/s1. The number of carbonyl (C=O) groups is 1. The van der Waals surface area contributed by atoms with Crippen molar-refractivity contribution in [1.29, 1.82) is 5.41 Å². The molecule has 1 saturated heterocycles. The van der Waals surface area contributed by atoms with Crippen molar-refractivity contribution < 1.29 is 14.3 Å². The van der Waals surface area contributed by atoms with Crippen molar-refractivity contribution in [2.24, 2.45) is 11.7 Å². The first-order chi connectivity index (χ1) is 20.4. The fourth-order valence-electron chi connectivity index (χ4n) is 5.79. The molecule has 216 valence electrons. The Kier molecular flexibility index (Phi) is 8.20. The summed E-state index contributed by atoms with van der Waals surface area (Å²) in [4.78, 5) is 17.0. The summed E-state index contributed by atoms with van der Waals surface area (Å²) in [6, 6.07) is 27.7. The Morgan fingerprint density at radius 1 is 1.02 bits per heavy atom. The van der Waals surface area contributed by atoms with Crippen LogP contribution >= 0.6 is 11.8 Å². The molecule has 0 aromatic heterocycles. The number of hydrogen-bond acceptors (Lipinski definition) is 6. The first kappa shape index (κ1) is 28.3. The van der Waals surface area contributed by atoms with Gasteiger partial charge >= 0.3 is 0 Å². The molecular weight excluding hydrogens is 544 g/mol. The van der Waals surface area contributed by atoms with E-state index in [1.165, 1.54) is 5.39 Å². The lowest BCUT2D eigenvalue weighted by atomic mass is 9.97. The number of benzene rings is 4. The van der Waals surface area contributed by atoms with Crippen LogP contribution in [0.5, 0.6) is 0 Å². The number of anilines is 2. The Hall–Kier alpha value is -3.85. The van der Waals surface area contributed by atoms with Gasteiger partial charge in [-0.15, -0.1) is 0 Å². The zero-order valence-corrected chi connectivity index (χ0v) is 24.7. The predicted octanol–water partition coefficient (Wildman–Crippen LogP) is 6.91. The molecule has 2 aliphatic rings. The Labute approximate surface area is 250 Å². The minimum atomic E-state index is -0.671. The molecular formula is C34H36N4O3S. The number of hydrogen-bond donors (Lipinski definition) is 3. The highest BCUT2D eigenvalue weighted by Crippen LogP contribution is 2.44. The lowest BCUT2D eigenvalue weighted by Crippen LogP contribution is -2.56. The van der Waals surface area contributed by atoms with Crippen LogP contribution in [-0.2, 0) is 20.9 Å². The highest BCUT2D eigenvalue weighted by molar-refractivity contribution is 7.99. The van der Waals surface area contributed by atoms with E-state index in [0.29, 0.717) is 31.6 Å². The molecule has 0 saturated carbocycles. The van der Waals surface area contributed by atoms with Crippen LogP contribution in [0.1, 0.15) is 37.8 Å². The fourth-order valence-corrected chi connectivity index (χ4v) is 6.76. The van der Waals surface area contributed by atoms with Crippen molar-refractivity contribution in [3.63, 3.8) is 0 Å². The highest BCUT2D eigenvalue weighted by Gasteiger charge is 2.41. The smallest absolute Gasteiger partial charge is 0.240 e. The quantitative estimate of drug-likeness (QED) is 0.129. The molecule has 0 spiro atoms. The fraction of sp³-hybridized carbons (Fsp3) is 0.294. The molecule has 0 bridgehead atoms. The van der Waals surface area contributed by atoms with Crippen LogP contribution in [0.3, 0.4) is 0 Å². The lowest BCUT2D eigenvalue weighted by Gasteiger charge is -2.39. The topological polar surface area (TPSA) is 101 Å². The van der Waals surface area contributed by atoms with Crippen molar-refractivity contribution in [2.45, 2.75) is 61.5 Å². The van der Waals surface area contributed by atoms with Crippen molar-refractivity contribution in [1.82, 2.24) is 4.90 Å². The van der Waals surface area contributed by atoms with Gasteiger partial charge in [0.25, 0.3) is 0 Å². The first-order valence-electron chi connectivity index (χ1n) is 14.4. The Morgan fingerprint density at radius 2 is 1.79 bits per heavy atom. The number of nitrogens with zero attached hydrogens (tertiary/aromatic N) is 1. The molecule has 2 aliphatic heterocycles. The SMILES string of the molecule is CC(C)C[C@@H](C(N)=O)N(C(=N)c1ccc2c(c1)Nc1ccccc1S2)[C@H]1CCOC1OCc1ccc2ccccc2c1. The Morgan fingerprint density at radius 3 is 2.60 bits per heavy atom. The van der Waals surface area contributed by atoms with Crippen LogP contribution in [-0.4, -0.2) is 41.6 Å². The third kappa shape index (κ3) is 5.88. The zero-order valence-electron chi connectivity index (χ0n) is 23.9. The molecule has 2 heterocycles. The van der Waals surface area contributed by atoms with Gasteiger partial charge in [-0.05, 0) is 65.4 Å². The molecule has 4 aromatic rings. The number of carbonyl (C=O) groups excluding carboxylic acids is 1. The molecule has 7 nitrogen and oxygen atoms in total. The summed E-state index contributed by atoms with van der Waals surface area (Å²) < 4.78 is 12.4. The zero-order chi connectivity index (χ0) is 29.2. The molecule has 0 radical (unpaired) electrons. The number of rotatable bonds is 9. The summed E-state index contributed by atoms with van der Waals surface area (Å²) >= 11 is 1.70. The van der Waals surface area contributed by atoms with Crippen molar-refractivity contribution in [3.8, 4) is 0 Å². The lowest BCUT2D eigenvalue weighted by molar-refractivity contribution is -0.146. The van der Waals surface area contributed by atoms with E-state index >= 15 is 0 Å². The van der Waals surface area contributed by atoms with Gasteiger partial charge in [-0.1, -0.05) is 80.2 Å². The number of ether oxygens (including phenoxy) is 2. The van der Waals surface area contributed by atoms with Crippen LogP contribution in [0.4, 0.5) is 11.4 Å².